The molecule has 1 aliphatic carbocycles. The van der Waals surface area contributed by atoms with Crippen LogP contribution in [0.2, 0.25) is 0 Å². The SMILES string of the molecule is C=[n+]1cc2c(CO)c(CO)ccc2c2ccc3c(c21)C=C(OC)C(=[O+]C)C=3c1ccc(-c2ccccc2)cc1. The molecule has 5 aromatic rings. The lowest BCUT2D eigenvalue weighted by atomic mass is 9.88. The van der Waals surface area contributed by atoms with E-state index in [1.807, 2.05) is 46.8 Å². The fourth-order valence-corrected chi connectivity index (χ4v) is 5.69. The van der Waals surface area contributed by atoms with Crippen molar-refractivity contribution in [2.45, 2.75) is 13.2 Å². The van der Waals surface area contributed by atoms with Gasteiger partial charge in [-0.1, -0.05) is 72.8 Å². The van der Waals surface area contributed by atoms with Gasteiger partial charge >= 0.3 is 5.78 Å². The Morgan fingerprint density at radius 2 is 1.49 bits per heavy atom. The fourth-order valence-electron chi connectivity index (χ4n) is 5.69. The first-order valence-corrected chi connectivity index (χ1v) is 12.8. The number of ketones is 1. The van der Waals surface area contributed by atoms with E-state index in [1.54, 1.807) is 14.2 Å². The molecule has 0 unspecified atom stereocenters. The molecule has 1 aliphatic rings. The third kappa shape index (κ3) is 3.95. The zero-order chi connectivity index (χ0) is 27.1. The molecule has 5 nitrogen and oxygen atoms in total. The zero-order valence-corrected chi connectivity index (χ0v) is 21.9. The van der Waals surface area contributed by atoms with Crippen LogP contribution < -0.4 is 9.46 Å². The Bertz CT molecular complexity index is 1920. The fraction of sp³-hybridized carbons (Fsp3) is 0.118. The molecule has 6 rings (SSSR count). The molecule has 1 heterocycles. The van der Waals surface area contributed by atoms with Crippen LogP contribution >= 0.6 is 0 Å². The highest BCUT2D eigenvalue weighted by Gasteiger charge is 2.33. The molecule has 0 radical (unpaired) electrons. The summed E-state index contributed by atoms with van der Waals surface area (Å²) in [5.74, 6) is 1.30. The number of hydrogen-bond donors (Lipinski definition) is 2. The molecule has 1 aromatic heterocycles. The number of rotatable bonds is 5. The Labute approximate surface area is 226 Å². The Hall–Kier alpha value is -4.58. The van der Waals surface area contributed by atoms with Gasteiger partial charge in [0.2, 0.25) is 11.3 Å². The predicted molar refractivity (Wildman–Crippen MR) is 154 cm³/mol. The van der Waals surface area contributed by atoms with Crippen LogP contribution in [0.1, 0.15) is 22.3 Å². The minimum atomic E-state index is -0.166. The number of aliphatic hydroxyl groups excluding tert-OH is 2. The summed E-state index contributed by atoms with van der Waals surface area (Å²) in [6, 6.07) is 26.9. The number of ether oxygens (including phenoxy) is 1. The number of hydrogen-bond acceptors (Lipinski definition) is 3. The number of methoxy groups -OCH3 is 1. The number of allylic oxidation sites excluding steroid dienone is 1. The van der Waals surface area contributed by atoms with Crippen molar-refractivity contribution in [2.75, 3.05) is 14.2 Å². The predicted octanol–water partition coefficient (Wildman–Crippen LogP) is 4.51. The summed E-state index contributed by atoms with van der Waals surface area (Å²) in [7, 11) is 3.31. The van der Waals surface area contributed by atoms with E-state index in [0.29, 0.717) is 22.7 Å². The summed E-state index contributed by atoms with van der Waals surface area (Å²) in [6.07, 6.45) is 3.92. The molecule has 0 saturated heterocycles. The maximum absolute atomic E-state index is 10.1. The van der Waals surface area contributed by atoms with E-state index in [-0.39, 0.29) is 13.2 Å². The molecule has 0 spiro atoms. The first-order chi connectivity index (χ1) is 19.1. The Balaban J connectivity index is 1.67. The summed E-state index contributed by atoms with van der Waals surface area (Å²) >= 11 is 0. The molecule has 0 amide bonds. The minimum Gasteiger partial charge on any atom is -0.488 e. The molecule has 5 heteroatoms. The van der Waals surface area contributed by atoms with Crippen LogP contribution in [0.5, 0.6) is 0 Å². The van der Waals surface area contributed by atoms with Gasteiger partial charge in [0.25, 0.3) is 7.11 Å². The van der Waals surface area contributed by atoms with Gasteiger partial charge < -0.3 is 14.9 Å². The number of fused-ring (bicyclic) bond motifs is 5. The molecular formula is C34H29NO4+2. The lowest BCUT2D eigenvalue weighted by Gasteiger charge is -2.15. The molecule has 0 saturated carbocycles. The van der Waals surface area contributed by atoms with Crippen molar-refractivity contribution in [3.8, 4) is 11.1 Å². The maximum atomic E-state index is 10.1. The molecule has 0 fully saturated rings. The average molecular weight is 516 g/mol. The summed E-state index contributed by atoms with van der Waals surface area (Å²) in [5.41, 5.74) is 7.58. The Kier molecular flexibility index (Phi) is 6.31. The van der Waals surface area contributed by atoms with Crippen LogP contribution in [-0.4, -0.2) is 30.2 Å². The minimum absolute atomic E-state index is 0.137. The lowest BCUT2D eigenvalue weighted by molar-refractivity contribution is -0.466. The number of nitrogens with zero attached hydrogens (tertiary/aromatic N) is 1. The Morgan fingerprint density at radius 1 is 0.795 bits per heavy atom. The summed E-state index contributed by atoms with van der Waals surface area (Å²) in [5, 5.41) is 23.7. The second-order valence-corrected chi connectivity index (χ2v) is 9.57. The number of benzene rings is 4. The summed E-state index contributed by atoms with van der Waals surface area (Å²) in [6.45, 7) is 4.02. The number of carbonyl (C=O) groups excluding carboxylic acids is 1. The smallest absolute Gasteiger partial charge is 0.392 e. The van der Waals surface area contributed by atoms with Gasteiger partial charge in [-0.2, -0.15) is 4.24 Å². The van der Waals surface area contributed by atoms with Crippen LogP contribution in [0, 0.1) is 6.72 Å². The third-order valence-corrected chi connectivity index (χ3v) is 7.56. The molecular weight excluding hydrogens is 486 g/mol. The van der Waals surface area contributed by atoms with Crippen LogP contribution in [0.3, 0.4) is 0 Å². The van der Waals surface area contributed by atoms with Crippen molar-refractivity contribution >= 4 is 39.1 Å². The molecule has 0 aliphatic heterocycles. The van der Waals surface area contributed by atoms with E-state index in [1.165, 1.54) is 0 Å². The largest absolute Gasteiger partial charge is 0.488 e. The van der Waals surface area contributed by atoms with Crippen molar-refractivity contribution < 1.29 is 23.6 Å². The molecule has 39 heavy (non-hydrogen) atoms. The van der Waals surface area contributed by atoms with Crippen LogP contribution in [0.4, 0.5) is 0 Å². The van der Waals surface area contributed by atoms with E-state index in [0.717, 1.165) is 54.7 Å². The highest BCUT2D eigenvalue weighted by Crippen LogP contribution is 2.32. The van der Waals surface area contributed by atoms with E-state index >= 15 is 0 Å². The third-order valence-electron chi connectivity index (χ3n) is 7.56. The van der Waals surface area contributed by atoms with E-state index < -0.39 is 0 Å². The number of pyridine rings is 1. The molecule has 2 N–H and O–H groups in total. The number of aromatic nitrogens is 1. The monoisotopic (exact) mass is 515 g/mol. The van der Waals surface area contributed by atoms with Gasteiger partial charge in [-0.3, -0.25) is 4.42 Å². The second-order valence-electron chi connectivity index (χ2n) is 9.57. The highest BCUT2D eigenvalue weighted by molar-refractivity contribution is 6.31. The van der Waals surface area contributed by atoms with Gasteiger partial charge in [0.1, 0.15) is 6.72 Å². The highest BCUT2D eigenvalue weighted by atomic mass is 16.5. The molecule has 0 atom stereocenters. The van der Waals surface area contributed by atoms with E-state index in [4.69, 9.17) is 9.16 Å². The average Bonchev–Trinajstić information content (AvgIpc) is 2.99. The van der Waals surface area contributed by atoms with Gasteiger partial charge in [-0.25, -0.2) is 0 Å². The zero-order valence-electron chi connectivity index (χ0n) is 21.9. The van der Waals surface area contributed by atoms with E-state index in [2.05, 4.69) is 55.2 Å². The van der Waals surface area contributed by atoms with Crippen molar-refractivity contribution in [1.82, 2.24) is 0 Å². The summed E-state index contributed by atoms with van der Waals surface area (Å²) < 4.78 is 13.6. The normalized spacial score (nSPS) is 14.1. The van der Waals surface area contributed by atoms with Crippen LogP contribution in [0.15, 0.2) is 90.8 Å². The van der Waals surface area contributed by atoms with Gasteiger partial charge in [-0.05, 0) is 33.9 Å². The van der Waals surface area contributed by atoms with Crippen molar-refractivity contribution in [3.63, 3.8) is 0 Å². The number of aliphatic hydroxyl groups is 2. The standard InChI is InChI=1S/C34H29NO4/c1-35-18-29-25(14-13-24(19-36)30(29)20-37)27-16-15-26-28(33(27)35)17-31(38-2)34(39-3)32(26)23-11-9-22(10-12-23)21-7-5-4-6-8-21/h4-18,36-37H,1,19-20H2,2-3H3/q+2. The van der Waals surface area contributed by atoms with E-state index in [9.17, 15) is 10.2 Å². The molecule has 4 aromatic carbocycles. The van der Waals surface area contributed by atoms with Crippen molar-refractivity contribution in [1.29, 1.82) is 0 Å². The second kappa shape index (κ2) is 9.95. The van der Waals surface area contributed by atoms with Gasteiger partial charge in [0.05, 0.1) is 42.2 Å². The van der Waals surface area contributed by atoms with Crippen LogP contribution in [0.25, 0.3) is 44.5 Å². The topological polar surface area (TPSA) is 66.9 Å². The van der Waals surface area contributed by atoms with Gasteiger partial charge in [-0.15, -0.1) is 0 Å². The van der Waals surface area contributed by atoms with Crippen molar-refractivity contribution in [2.24, 2.45) is 0 Å². The maximum Gasteiger partial charge on any atom is 0.392 e. The molecule has 192 valence electrons. The van der Waals surface area contributed by atoms with Crippen molar-refractivity contribution in [3.05, 3.63) is 125 Å². The summed E-state index contributed by atoms with van der Waals surface area (Å²) in [4.78, 5) is 0. The quantitative estimate of drug-likeness (QED) is 0.206. The first-order valence-electron chi connectivity index (χ1n) is 12.8. The van der Waals surface area contributed by atoms with Gasteiger partial charge in [0.15, 0.2) is 6.20 Å². The molecule has 0 bridgehead atoms. The Morgan fingerprint density at radius 3 is 2.15 bits per heavy atom. The van der Waals surface area contributed by atoms with Crippen LogP contribution in [-0.2, 0) is 22.4 Å². The van der Waals surface area contributed by atoms with Gasteiger partial charge in [0, 0.05) is 16.7 Å². The first kappa shape index (κ1) is 24.7. The lowest BCUT2D eigenvalue weighted by Crippen LogP contribution is -2.28.